The molecule has 2 nitrogen and oxygen atoms in total. The van der Waals surface area contributed by atoms with Gasteiger partial charge in [-0.25, -0.2) is 0 Å². The van der Waals surface area contributed by atoms with Gasteiger partial charge in [0.05, 0.1) is 23.7 Å². The third-order valence-electron chi connectivity index (χ3n) is 4.65. The molecule has 2 heterocycles. The quantitative estimate of drug-likeness (QED) is 0.415. The van der Waals surface area contributed by atoms with Crippen LogP contribution in [0.15, 0.2) is 54.6 Å². The zero-order chi connectivity index (χ0) is 14.8. The number of aromatic nitrogens is 1. The van der Waals surface area contributed by atoms with Crippen LogP contribution in [0.1, 0.15) is 5.56 Å². The molecular weight excluding hydrogens is 270 g/mol. The fourth-order valence-electron chi connectivity index (χ4n) is 3.75. The Bertz CT molecular complexity index is 1170. The minimum absolute atomic E-state index is 0.906. The van der Waals surface area contributed by atoms with Crippen molar-refractivity contribution in [3.05, 3.63) is 60.2 Å². The van der Waals surface area contributed by atoms with Crippen LogP contribution < -0.4 is 4.74 Å². The van der Waals surface area contributed by atoms with Crippen LogP contribution in [0.4, 0.5) is 0 Å². The number of fused-ring (bicyclic) bond motifs is 6. The van der Waals surface area contributed by atoms with E-state index in [-0.39, 0.29) is 0 Å². The SMILES string of the molecule is COc1ccc2c(c1)c1cc(C)cc3c4ccccc4n2c31. The number of rotatable bonds is 1. The minimum atomic E-state index is 0.906. The first-order valence-corrected chi connectivity index (χ1v) is 7.50. The molecule has 0 fully saturated rings. The van der Waals surface area contributed by atoms with E-state index in [1.54, 1.807) is 7.11 Å². The van der Waals surface area contributed by atoms with Crippen molar-refractivity contribution >= 4 is 38.1 Å². The Balaban J connectivity index is 2.18. The van der Waals surface area contributed by atoms with Gasteiger partial charge < -0.3 is 9.14 Å². The topological polar surface area (TPSA) is 13.6 Å². The summed E-state index contributed by atoms with van der Waals surface area (Å²) >= 11 is 0. The molecule has 0 N–H and O–H groups in total. The normalized spacial score (nSPS) is 12.1. The van der Waals surface area contributed by atoms with Crippen molar-refractivity contribution < 1.29 is 4.74 Å². The summed E-state index contributed by atoms with van der Waals surface area (Å²) in [5.41, 5.74) is 5.12. The van der Waals surface area contributed by atoms with Crippen LogP contribution in [0.5, 0.6) is 5.75 Å². The molecule has 2 aromatic heterocycles. The molecule has 0 aliphatic heterocycles. The summed E-state index contributed by atoms with van der Waals surface area (Å²) < 4.78 is 7.80. The Morgan fingerprint density at radius 3 is 2.32 bits per heavy atom. The summed E-state index contributed by atoms with van der Waals surface area (Å²) in [6.07, 6.45) is 0. The molecule has 0 radical (unpaired) electrons. The van der Waals surface area contributed by atoms with Crippen LogP contribution >= 0.6 is 0 Å². The molecule has 0 aliphatic carbocycles. The third-order valence-corrected chi connectivity index (χ3v) is 4.65. The highest BCUT2D eigenvalue weighted by molar-refractivity contribution is 6.23. The molecular formula is C20H15NO. The van der Waals surface area contributed by atoms with Gasteiger partial charge in [-0.3, -0.25) is 0 Å². The first-order chi connectivity index (χ1) is 10.8. The maximum atomic E-state index is 5.42. The number of hydrogen-bond acceptors (Lipinski definition) is 1. The summed E-state index contributed by atoms with van der Waals surface area (Å²) in [5, 5.41) is 5.22. The van der Waals surface area contributed by atoms with Gasteiger partial charge in [0.15, 0.2) is 0 Å². The van der Waals surface area contributed by atoms with E-state index in [4.69, 9.17) is 4.74 Å². The van der Waals surface area contributed by atoms with Crippen molar-refractivity contribution in [2.75, 3.05) is 7.11 Å². The van der Waals surface area contributed by atoms with E-state index in [2.05, 4.69) is 59.9 Å². The number of aryl methyl sites for hydroxylation is 1. The Labute approximate surface area is 127 Å². The summed E-state index contributed by atoms with van der Waals surface area (Å²) in [6.45, 7) is 2.17. The summed E-state index contributed by atoms with van der Waals surface area (Å²) in [4.78, 5) is 0. The van der Waals surface area contributed by atoms with Crippen LogP contribution in [-0.4, -0.2) is 11.5 Å². The molecule has 0 atom stereocenters. The molecule has 22 heavy (non-hydrogen) atoms. The second-order valence-corrected chi connectivity index (χ2v) is 5.94. The van der Waals surface area contributed by atoms with Crippen LogP contribution in [0.25, 0.3) is 38.1 Å². The molecule has 0 unspecified atom stereocenters. The lowest BCUT2D eigenvalue weighted by Gasteiger charge is -2.01. The highest BCUT2D eigenvalue weighted by Crippen LogP contribution is 2.40. The number of ether oxygens (including phenoxy) is 1. The lowest BCUT2D eigenvalue weighted by atomic mass is 10.0. The monoisotopic (exact) mass is 285 g/mol. The molecule has 0 saturated heterocycles. The molecule has 3 aromatic carbocycles. The molecule has 2 heteroatoms. The molecule has 5 aromatic rings. The van der Waals surface area contributed by atoms with Crippen LogP contribution in [0.2, 0.25) is 0 Å². The van der Waals surface area contributed by atoms with Gasteiger partial charge in [-0.1, -0.05) is 18.2 Å². The van der Waals surface area contributed by atoms with Crippen molar-refractivity contribution in [1.29, 1.82) is 0 Å². The van der Waals surface area contributed by atoms with Crippen LogP contribution in [-0.2, 0) is 0 Å². The highest BCUT2D eigenvalue weighted by atomic mass is 16.5. The minimum Gasteiger partial charge on any atom is -0.497 e. The number of methoxy groups -OCH3 is 1. The van der Waals surface area contributed by atoms with E-state index in [0.29, 0.717) is 0 Å². The Morgan fingerprint density at radius 1 is 0.773 bits per heavy atom. The molecule has 0 saturated carbocycles. The van der Waals surface area contributed by atoms with Crippen LogP contribution in [0, 0.1) is 6.92 Å². The lowest BCUT2D eigenvalue weighted by molar-refractivity contribution is 0.415. The van der Waals surface area contributed by atoms with E-state index >= 15 is 0 Å². The van der Waals surface area contributed by atoms with Crippen molar-refractivity contribution in [2.24, 2.45) is 0 Å². The zero-order valence-electron chi connectivity index (χ0n) is 12.6. The van der Waals surface area contributed by atoms with Gasteiger partial charge in [-0.05, 0) is 48.9 Å². The van der Waals surface area contributed by atoms with Crippen molar-refractivity contribution in [1.82, 2.24) is 4.40 Å². The Morgan fingerprint density at radius 2 is 1.50 bits per heavy atom. The smallest absolute Gasteiger partial charge is 0.119 e. The van der Waals surface area contributed by atoms with Gasteiger partial charge in [0.1, 0.15) is 5.75 Å². The van der Waals surface area contributed by atoms with Gasteiger partial charge in [-0.15, -0.1) is 0 Å². The third kappa shape index (κ3) is 1.30. The summed E-state index contributed by atoms with van der Waals surface area (Å²) in [5.74, 6) is 0.906. The van der Waals surface area contributed by atoms with E-state index in [0.717, 1.165) is 5.75 Å². The maximum absolute atomic E-state index is 5.42. The average Bonchev–Trinajstić information content (AvgIpc) is 3.04. The largest absolute Gasteiger partial charge is 0.497 e. The second kappa shape index (κ2) is 3.92. The lowest BCUT2D eigenvalue weighted by Crippen LogP contribution is -1.83. The Kier molecular flexibility index (Phi) is 2.11. The highest BCUT2D eigenvalue weighted by Gasteiger charge is 2.17. The number of nitrogens with zero attached hydrogens (tertiary/aromatic N) is 1. The maximum Gasteiger partial charge on any atom is 0.119 e. The van der Waals surface area contributed by atoms with Gasteiger partial charge in [0.2, 0.25) is 0 Å². The number of benzene rings is 3. The second-order valence-electron chi connectivity index (χ2n) is 5.94. The van der Waals surface area contributed by atoms with Crippen molar-refractivity contribution in [3.63, 3.8) is 0 Å². The van der Waals surface area contributed by atoms with Crippen molar-refractivity contribution in [2.45, 2.75) is 6.92 Å². The Hall–Kier alpha value is -2.74. The fourth-order valence-corrected chi connectivity index (χ4v) is 3.75. The number of hydrogen-bond donors (Lipinski definition) is 0. The van der Waals surface area contributed by atoms with Gasteiger partial charge >= 0.3 is 0 Å². The first kappa shape index (κ1) is 11.9. The van der Waals surface area contributed by atoms with Crippen LogP contribution in [0.3, 0.4) is 0 Å². The van der Waals surface area contributed by atoms with Gasteiger partial charge in [0, 0.05) is 21.5 Å². The molecule has 0 spiro atoms. The molecule has 106 valence electrons. The predicted molar refractivity (Wildman–Crippen MR) is 92.4 cm³/mol. The van der Waals surface area contributed by atoms with E-state index in [1.807, 2.05) is 6.07 Å². The molecule has 5 rings (SSSR count). The molecule has 0 aliphatic rings. The number of para-hydroxylation sites is 1. The van der Waals surface area contributed by atoms with Gasteiger partial charge in [0.25, 0.3) is 0 Å². The average molecular weight is 285 g/mol. The van der Waals surface area contributed by atoms with Gasteiger partial charge in [-0.2, -0.15) is 0 Å². The summed E-state index contributed by atoms with van der Waals surface area (Å²) in [6, 6.07) is 19.6. The fraction of sp³-hybridized carbons (Fsp3) is 0.100. The van der Waals surface area contributed by atoms with E-state index in [1.165, 1.54) is 43.7 Å². The molecule has 0 amide bonds. The molecule has 0 bridgehead atoms. The van der Waals surface area contributed by atoms with E-state index in [9.17, 15) is 0 Å². The van der Waals surface area contributed by atoms with E-state index < -0.39 is 0 Å². The van der Waals surface area contributed by atoms with Crippen molar-refractivity contribution in [3.8, 4) is 5.75 Å². The summed E-state index contributed by atoms with van der Waals surface area (Å²) in [7, 11) is 1.72. The predicted octanol–water partition coefficient (Wildman–Crippen LogP) is 5.15. The zero-order valence-corrected chi connectivity index (χ0v) is 12.6. The first-order valence-electron chi connectivity index (χ1n) is 7.50. The standard InChI is InChI=1S/C20H15NO/c1-12-9-16-14-5-3-4-6-18(14)21-19-8-7-13(22-2)11-15(19)17(10-12)20(16)21/h3-11H,1-2H3.